The highest BCUT2D eigenvalue weighted by Gasteiger charge is 2.16. The lowest BCUT2D eigenvalue weighted by Crippen LogP contribution is -2.38. The van der Waals surface area contributed by atoms with E-state index in [0.717, 1.165) is 18.1 Å². The summed E-state index contributed by atoms with van der Waals surface area (Å²) in [6, 6.07) is 0.282. The fraction of sp³-hybridized carbons (Fsp3) is 0.900. The minimum absolute atomic E-state index is 0.117. The van der Waals surface area contributed by atoms with Crippen LogP contribution in [0.1, 0.15) is 19.3 Å². The molecular formula is C10H19NO3S2. The van der Waals surface area contributed by atoms with E-state index in [0.29, 0.717) is 19.3 Å². The van der Waals surface area contributed by atoms with Gasteiger partial charge in [0.05, 0.1) is 5.75 Å². The summed E-state index contributed by atoms with van der Waals surface area (Å²) in [5.41, 5.74) is 0. The Labute approximate surface area is 101 Å². The second-order valence-electron chi connectivity index (χ2n) is 4.20. The van der Waals surface area contributed by atoms with Crippen molar-refractivity contribution in [3.05, 3.63) is 0 Å². The van der Waals surface area contributed by atoms with Crippen LogP contribution in [0.3, 0.4) is 0 Å². The van der Waals surface area contributed by atoms with Gasteiger partial charge in [0.2, 0.25) is 0 Å². The molecule has 0 radical (unpaired) electrons. The lowest BCUT2D eigenvalue weighted by molar-refractivity contribution is -0.119. The largest absolute Gasteiger partial charge is 0.312 e. The Kier molecular flexibility index (Phi) is 5.78. The predicted molar refractivity (Wildman–Crippen MR) is 67.7 cm³/mol. The van der Waals surface area contributed by atoms with Crippen molar-refractivity contribution in [2.24, 2.45) is 0 Å². The highest BCUT2D eigenvalue weighted by atomic mass is 32.2. The van der Waals surface area contributed by atoms with Gasteiger partial charge in [-0.25, -0.2) is 8.42 Å². The molecule has 0 aromatic carbocycles. The van der Waals surface area contributed by atoms with E-state index in [-0.39, 0.29) is 17.6 Å². The fourth-order valence-electron chi connectivity index (χ4n) is 1.66. The van der Waals surface area contributed by atoms with Gasteiger partial charge < -0.3 is 5.32 Å². The van der Waals surface area contributed by atoms with Crippen LogP contribution in [-0.4, -0.2) is 50.3 Å². The first-order valence-electron chi connectivity index (χ1n) is 5.48. The van der Waals surface area contributed by atoms with Gasteiger partial charge in [-0.05, 0) is 6.42 Å². The summed E-state index contributed by atoms with van der Waals surface area (Å²) in [6.45, 7) is 0.964. The van der Waals surface area contributed by atoms with Crippen LogP contribution in [0.25, 0.3) is 0 Å². The van der Waals surface area contributed by atoms with E-state index in [1.54, 1.807) is 0 Å². The van der Waals surface area contributed by atoms with Gasteiger partial charge in [0.1, 0.15) is 15.6 Å². The average molecular weight is 265 g/mol. The SMILES string of the molecule is CS(=O)(=O)CCCC(=O)CC1CSCCN1. The number of sulfone groups is 1. The minimum Gasteiger partial charge on any atom is -0.312 e. The number of Topliss-reactive ketones (excluding diaryl/α,β-unsaturated/α-hetero) is 1. The van der Waals surface area contributed by atoms with Crippen LogP contribution < -0.4 is 5.32 Å². The molecule has 1 N–H and O–H groups in total. The summed E-state index contributed by atoms with van der Waals surface area (Å²) >= 11 is 1.86. The second kappa shape index (κ2) is 6.61. The van der Waals surface area contributed by atoms with Crippen molar-refractivity contribution in [2.45, 2.75) is 25.3 Å². The van der Waals surface area contributed by atoms with Crippen LogP contribution in [-0.2, 0) is 14.6 Å². The number of thioether (sulfide) groups is 1. The predicted octanol–water partition coefficient (Wildman–Crippen LogP) is 0.475. The molecule has 0 bridgehead atoms. The number of nitrogens with one attached hydrogen (secondary N) is 1. The molecule has 1 saturated heterocycles. The van der Waals surface area contributed by atoms with Gasteiger partial charge in [-0.2, -0.15) is 11.8 Å². The zero-order valence-corrected chi connectivity index (χ0v) is 11.2. The molecule has 94 valence electrons. The van der Waals surface area contributed by atoms with Crippen molar-refractivity contribution < 1.29 is 13.2 Å². The van der Waals surface area contributed by atoms with Gasteiger partial charge in [-0.1, -0.05) is 0 Å². The number of carbonyl (C=O) groups excluding carboxylic acids is 1. The maximum atomic E-state index is 11.6. The first kappa shape index (κ1) is 14.0. The third-order valence-corrected chi connectivity index (χ3v) is 4.60. The standard InChI is InChI=1S/C10H19NO3S2/c1-16(13,14)6-2-3-10(12)7-9-8-15-5-4-11-9/h9,11H,2-8H2,1H3. The van der Waals surface area contributed by atoms with E-state index in [2.05, 4.69) is 5.32 Å². The van der Waals surface area contributed by atoms with Gasteiger partial charge in [-0.3, -0.25) is 4.79 Å². The number of hydrogen-bond acceptors (Lipinski definition) is 5. The minimum atomic E-state index is -2.92. The lowest BCUT2D eigenvalue weighted by Gasteiger charge is -2.22. The van der Waals surface area contributed by atoms with Crippen molar-refractivity contribution >= 4 is 27.4 Å². The van der Waals surface area contributed by atoms with Crippen molar-refractivity contribution in [2.75, 3.05) is 30.1 Å². The van der Waals surface area contributed by atoms with Gasteiger partial charge in [0, 0.05) is 43.2 Å². The molecule has 0 amide bonds. The summed E-state index contributed by atoms with van der Waals surface area (Å²) < 4.78 is 21.8. The van der Waals surface area contributed by atoms with Crippen LogP contribution >= 0.6 is 11.8 Å². The van der Waals surface area contributed by atoms with Crippen molar-refractivity contribution in [3.63, 3.8) is 0 Å². The van der Waals surface area contributed by atoms with E-state index in [9.17, 15) is 13.2 Å². The third-order valence-electron chi connectivity index (χ3n) is 2.44. The number of ketones is 1. The number of hydrogen-bond donors (Lipinski definition) is 1. The van der Waals surface area contributed by atoms with Crippen molar-refractivity contribution in [1.29, 1.82) is 0 Å². The van der Waals surface area contributed by atoms with Crippen LogP contribution in [0.2, 0.25) is 0 Å². The monoisotopic (exact) mass is 265 g/mol. The second-order valence-corrected chi connectivity index (χ2v) is 7.61. The highest BCUT2D eigenvalue weighted by Crippen LogP contribution is 2.11. The number of rotatable bonds is 6. The first-order chi connectivity index (χ1) is 7.47. The molecular weight excluding hydrogens is 246 g/mol. The lowest BCUT2D eigenvalue weighted by atomic mass is 10.1. The van der Waals surface area contributed by atoms with Crippen molar-refractivity contribution in [1.82, 2.24) is 5.32 Å². The van der Waals surface area contributed by atoms with E-state index in [1.807, 2.05) is 11.8 Å². The van der Waals surface area contributed by atoms with E-state index >= 15 is 0 Å². The normalized spacial score (nSPS) is 21.9. The molecule has 1 atom stereocenters. The highest BCUT2D eigenvalue weighted by molar-refractivity contribution is 7.99. The molecule has 0 aromatic heterocycles. The Bertz CT molecular complexity index is 321. The molecule has 0 aliphatic carbocycles. The Morgan fingerprint density at radius 3 is 2.81 bits per heavy atom. The molecule has 1 rings (SSSR count). The third kappa shape index (κ3) is 6.50. The zero-order valence-electron chi connectivity index (χ0n) is 9.57. The molecule has 1 unspecified atom stereocenters. The molecule has 0 aromatic rings. The van der Waals surface area contributed by atoms with Crippen LogP contribution in [0.5, 0.6) is 0 Å². The molecule has 1 heterocycles. The fourth-order valence-corrected chi connectivity index (χ4v) is 3.28. The zero-order chi connectivity index (χ0) is 12.0. The molecule has 1 fully saturated rings. The van der Waals surface area contributed by atoms with E-state index < -0.39 is 9.84 Å². The average Bonchev–Trinajstić information content (AvgIpc) is 2.17. The smallest absolute Gasteiger partial charge is 0.147 e. The van der Waals surface area contributed by atoms with Crippen LogP contribution in [0.15, 0.2) is 0 Å². The summed E-state index contributed by atoms with van der Waals surface area (Å²) in [5, 5.41) is 3.30. The van der Waals surface area contributed by atoms with Gasteiger partial charge >= 0.3 is 0 Å². The van der Waals surface area contributed by atoms with Gasteiger partial charge in [0.15, 0.2) is 0 Å². The maximum absolute atomic E-state index is 11.6. The molecule has 1 aliphatic rings. The summed E-state index contributed by atoms with van der Waals surface area (Å²) in [6.07, 6.45) is 2.58. The molecule has 0 saturated carbocycles. The Balaban J connectivity index is 2.15. The Morgan fingerprint density at radius 1 is 1.50 bits per heavy atom. The maximum Gasteiger partial charge on any atom is 0.147 e. The van der Waals surface area contributed by atoms with Gasteiger partial charge in [0.25, 0.3) is 0 Å². The number of carbonyl (C=O) groups is 1. The van der Waals surface area contributed by atoms with E-state index in [1.165, 1.54) is 6.26 Å². The topological polar surface area (TPSA) is 63.2 Å². The van der Waals surface area contributed by atoms with Gasteiger partial charge in [-0.15, -0.1) is 0 Å². The first-order valence-corrected chi connectivity index (χ1v) is 8.69. The van der Waals surface area contributed by atoms with Crippen LogP contribution in [0, 0.1) is 0 Å². The van der Waals surface area contributed by atoms with E-state index in [4.69, 9.17) is 0 Å². The van der Waals surface area contributed by atoms with Crippen molar-refractivity contribution in [3.8, 4) is 0 Å². The Morgan fingerprint density at radius 2 is 2.25 bits per heavy atom. The molecule has 4 nitrogen and oxygen atoms in total. The molecule has 16 heavy (non-hydrogen) atoms. The van der Waals surface area contributed by atoms with Crippen LogP contribution in [0.4, 0.5) is 0 Å². The molecule has 0 spiro atoms. The summed E-state index contributed by atoms with van der Waals surface area (Å²) in [5.74, 6) is 2.38. The summed E-state index contributed by atoms with van der Waals surface area (Å²) in [7, 11) is -2.92. The molecule has 1 aliphatic heterocycles. The Hall–Kier alpha value is -0.0700. The molecule has 6 heteroatoms. The summed E-state index contributed by atoms with van der Waals surface area (Å²) in [4.78, 5) is 11.6. The quantitative estimate of drug-likeness (QED) is 0.756.